The number of nitriles is 1. The van der Waals surface area contributed by atoms with Crippen LogP contribution in [0.4, 0.5) is 4.79 Å². The van der Waals surface area contributed by atoms with Gasteiger partial charge >= 0.3 is 6.09 Å². The van der Waals surface area contributed by atoms with Crippen molar-refractivity contribution in [2.45, 2.75) is 84.7 Å². The molecule has 2 aromatic rings. The molecule has 0 spiro atoms. The molecule has 44 heavy (non-hydrogen) atoms. The average Bonchev–Trinajstić information content (AvgIpc) is 3.04. The van der Waals surface area contributed by atoms with Gasteiger partial charge in [0.05, 0.1) is 19.3 Å². The first-order valence-electron chi connectivity index (χ1n) is 16.3. The first kappa shape index (κ1) is 36.4. The zero-order valence-electron chi connectivity index (χ0n) is 26.8. The van der Waals surface area contributed by atoms with Crippen molar-refractivity contribution in [3.8, 4) is 17.6 Å². The fraction of sp³-hybridized carbons (Fsp3) is 0.571. The van der Waals surface area contributed by atoms with Crippen molar-refractivity contribution in [3.63, 3.8) is 0 Å². The van der Waals surface area contributed by atoms with E-state index >= 15 is 0 Å². The molecule has 0 unspecified atom stereocenters. The van der Waals surface area contributed by atoms with Gasteiger partial charge in [0.15, 0.2) is 11.5 Å². The number of aryl methyl sites for hydroxylation is 1. The van der Waals surface area contributed by atoms with Gasteiger partial charge in [-0.3, -0.25) is 4.79 Å². The number of carbonyl (C=O) groups excluding carboxylic acids is 2. The molecule has 242 valence electrons. The van der Waals surface area contributed by atoms with Crippen LogP contribution in [0.1, 0.15) is 82.8 Å². The number of hydrogen-bond acceptors (Lipinski definition) is 7. The lowest BCUT2D eigenvalue weighted by molar-refractivity contribution is -0.121. The highest BCUT2D eigenvalue weighted by atomic mass is 16.6. The summed E-state index contributed by atoms with van der Waals surface area (Å²) in [5.74, 6) is 1.47. The van der Waals surface area contributed by atoms with Gasteiger partial charge in [-0.1, -0.05) is 63.1 Å². The molecule has 0 aliphatic rings. The summed E-state index contributed by atoms with van der Waals surface area (Å²) in [6.45, 7) is 8.80. The predicted octanol–water partition coefficient (Wildman–Crippen LogP) is 6.41. The van der Waals surface area contributed by atoms with Crippen LogP contribution in [0, 0.1) is 11.3 Å². The molecule has 0 aliphatic heterocycles. The number of benzene rings is 2. The maximum absolute atomic E-state index is 12.9. The fourth-order valence-electron chi connectivity index (χ4n) is 4.36. The zero-order chi connectivity index (χ0) is 31.7. The molecule has 0 aromatic heterocycles. The largest absolute Gasteiger partial charge is 0.490 e. The van der Waals surface area contributed by atoms with Crippen molar-refractivity contribution < 1.29 is 23.8 Å². The quantitative estimate of drug-likeness (QED) is 0.133. The second-order valence-corrected chi connectivity index (χ2v) is 10.8. The number of nitrogens with one attached hydrogen (secondary N) is 2. The summed E-state index contributed by atoms with van der Waals surface area (Å²) < 4.78 is 17.5. The SMILES string of the molecule is CCCCOc1ccc(CCC(=O)NCCCN(CCCCNCCC#N)C(=O)OCc2ccccc2)cc1OCCCC. The van der Waals surface area contributed by atoms with Crippen molar-refractivity contribution in [3.05, 3.63) is 59.7 Å². The number of hydrogen-bond donors (Lipinski definition) is 2. The first-order chi connectivity index (χ1) is 21.6. The van der Waals surface area contributed by atoms with Gasteiger partial charge in [-0.25, -0.2) is 4.79 Å². The Hall–Kier alpha value is -3.77. The van der Waals surface area contributed by atoms with Crippen LogP contribution in [0.5, 0.6) is 11.5 Å². The number of rotatable bonds is 24. The van der Waals surface area contributed by atoms with Crippen molar-refractivity contribution >= 4 is 12.0 Å². The summed E-state index contributed by atoms with van der Waals surface area (Å²) in [7, 11) is 0. The van der Waals surface area contributed by atoms with Crippen LogP contribution in [0.3, 0.4) is 0 Å². The van der Waals surface area contributed by atoms with E-state index in [2.05, 4.69) is 30.6 Å². The maximum Gasteiger partial charge on any atom is 0.410 e. The summed E-state index contributed by atoms with van der Waals surface area (Å²) in [4.78, 5) is 27.2. The van der Waals surface area contributed by atoms with E-state index in [0.717, 1.165) is 67.7 Å². The Morgan fingerprint density at radius 2 is 1.55 bits per heavy atom. The molecule has 0 atom stereocenters. The van der Waals surface area contributed by atoms with E-state index in [0.29, 0.717) is 65.1 Å². The molecule has 0 saturated heterocycles. The summed E-state index contributed by atoms with van der Waals surface area (Å²) in [5.41, 5.74) is 1.97. The van der Waals surface area contributed by atoms with Crippen LogP contribution in [0.15, 0.2) is 48.5 Å². The molecule has 2 aromatic carbocycles. The molecule has 2 amide bonds. The van der Waals surface area contributed by atoms with Crippen LogP contribution >= 0.6 is 0 Å². The fourth-order valence-corrected chi connectivity index (χ4v) is 4.36. The van der Waals surface area contributed by atoms with Crippen LogP contribution in [0.2, 0.25) is 0 Å². The Morgan fingerprint density at radius 3 is 2.27 bits per heavy atom. The molecule has 0 heterocycles. The molecule has 0 radical (unpaired) electrons. The average molecular weight is 609 g/mol. The standard InChI is InChI=1S/C35H52N4O5/c1-3-5-26-42-32-18-16-30(28-33(32)43-27-6-4-2)17-19-34(40)38-23-13-25-39(24-11-10-21-37-22-12-20-36)35(41)44-29-31-14-8-7-9-15-31/h7-9,14-16,18,28,37H,3-6,10-13,17,19,21-27,29H2,1-2H3,(H,38,40). The number of nitrogens with zero attached hydrogens (tertiary/aromatic N) is 2. The van der Waals surface area contributed by atoms with E-state index < -0.39 is 0 Å². The molecule has 0 fully saturated rings. The van der Waals surface area contributed by atoms with Gasteiger partial charge in [-0.15, -0.1) is 0 Å². The summed E-state index contributed by atoms with van der Waals surface area (Å²) in [6, 6.07) is 17.7. The topological polar surface area (TPSA) is 113 Å². The van der Waals surface area contributed by atoms with Crippen LogP contribution in [-0.4, -0.2) is 62.8 Å². The zero-order valence-corrected chi connectivity index (χ0v) is 26.8. The third kappa shape index (κ3) is 16.2. The van der Waals surface area contributed by atoms with Gasteiger partial charge < -0.3 is 29.7 Å². The molecule has 2 N–H and O–H groups in total. The van der Waals surface area contributed by atoms with Crippen LogP contribution in [0.25, 0.3) is 0 Å². The van der Waals surface area contributed by atoms with Gasteiger partial charge in [0.25, 0.3) is 0 Å². The van der Waals surface area contributed by atoms with E-state index in [-0.39, 0.29) is 18.6 Å². The Morgan fingerprint density at radius 1 is 0.818 bits per heavy atom. The normalized spacial score (nSPS) is 10.6. The van der Waals surface area contributed by atoms with Crippen molar-refractivity contribution in [2.75, 3.05) is 45.9 Å². The van der Waals surface area contributed by atoms with E-state index in [1.807, 2.05) is 48.5 Å². The second-order valence-electron chi connectivity index (χ2n) is 10.8. The smallest absolute Gasteiger partial charge is 0.410 e. The Bertz CT molecular complexity index is 1110. The Kier molecular flexibility index (Phi) is 19.6. The van der Waals surface area contributed by atoms with Crippen molar-refractivity contribution in [2.24, 2.45) is 0 Å². The number of amides is 2. The Balaban J connectivity index is 1.79. The lowest BCUT2D eigenvalue weighted by atomic mass is 10.1. The van der Waals surface area contributed by atoms with Gasteiger partial charge in [0.1, 0.15) is 6.61 Å². The maximum atomic E-state index is 12.9. The minimum absolute atomic E-state index is 0.0247. The second kappa shape index (κ2) is 23.7. The molecular weight excluding hydrogens is 556 g/mol. The van der Waals surface area contributed by atoms with E-state index in [1.165, 1.54) is 0 Å². The van der Waals surface area contributed by atoms with Crippen molar-refractivity contribution in [1.82, 2.24) is 15.5 Å². The monoisotopic (exact) mass is 608 g/mol. The van der Waals surface area contributed by atoms with E-state index in [4.69, 9.17) is 19.5 Å². The van der Waals surface area contributed by atoms with Crippen LogP contribution in [-0.2, 0) is 22.6 Å². The summed E-state index contributed by atoms with van der Waals surface area (Å²) in [5, 5.41) is 14.9. The highest BCUT2D eigenvalue weighted by molar-refractivity contribution is 5.76. The highest BCUT2D eigenvalue weighted by Crippen LogP contribution is 2.29. The molecule has 0 saturated carbocycles. The van der Waals surface area contributed by atoms with E-state index in [1.54, 1.807) is 4.90 Å². The lowest BCUT2D eigenvalue weighted by Gasteiger charge is -2.22. The third-order valence-electron chi connectivity index (χ3n) is 7.00. The number of ether oxygens (including phenoxy) is 3. The van der Waals surface area contributed by atoms with Gasteiger partial charge in [0.2, 0.25) is 5.91 Å². The minimum Gasteiger partial charge on any atom is -0.490 e. The van der Waals surface area contributed by atoms with Gasteiger partial charge in [-0.05, 0) is 68.3 Å². The molecule has 9 nitrogen and oxygen atoms in total. The molecule has 0 bridgehead atoms. The third-order valence-corrected chi connectivity index (χ3v) is 7.00. The molecular formula is C35H52N4O5. The predicted molar refractivity (Wildman–Crippen MR) is 174 cm³/mol. The number of carbonyl (C=O) groups is 2. The van der Waals surface area contributed by atoms with Gasteiger partial charge in [-0.2, -0.15) is 5.26 Å². The van der Waals surface area contributed by atoms with E-state index in [9.17, 15) is 9.59 Å². The Labute approximate surface area is 264 Å². The molecule has 9 heteroatoms. The first-order valence-corrected chi connectivity index (χ1v) is 16.3. The summed E-state index contributed by atoms with van der Waals surface area (Å²) in [6.07, 6.45) is 7.53. The molecule has 0 aliphatic carbocycles. The van der Waals surface area contributed by atoms with Crippen molar-refractivity contribution in [1.29, 1.82) is 5.26 Å². The van der Waals surface area contributed by atoms with Crippen LogP contribution < -0.4 is 20.1 Å². The van der Waals surface area contributed by atoms with Gasteiger partial charge in [0, 0.05) is 39.0 Å². The summed E-state index contributed by atoms with van der Waals surface area (Å²) >= 11 is 0. The molecule has 2 rings (SSSR count). The lowest BCUT2D eigenvalue weighted by Crippen LogP contribution is -2.35. The minimum atomic E-state index is -0.350. The highest BCUT2D eigenvalue weighted by Gasteiger charge is 2.15. The number of unbranched alkanes of at least 4 members (excludes halogenated alkanes) is 3.